The van der Waals surface area contributed by atoms with Gasteiger partial charge in [-0.3, -0.25) is 9.48 Å². The maximum atomic E-state index is 13.6. The Labute approximate surface area is 127 Å². The van der Waals surface area contributed by atoms with Crippen molar-refractivity contribution in [2.24, 2.45) is 19.2 Å². The molecular formula is C12H12F4N6O. The van der Waals surface area contributed by atoms with Crippen LogP contribution in [0.25, 0.3) is 0 Å². The number of rotatable bonds is 3. The first-order valence-electron chi connectivity index (χ1n) is 6.25. The molecule has 0 aromatic carbocycles. The number of amides is 1. The molecule has 0 bridgehead atoms. The number of alkyl halides is 3. The molecule has 7 nitrogen and oxygen atoms in total. The number of nitrogens with zero attached hydrogens (tertiary/aromatic N) is 5. The van der Waals surface area contributed by atoms with Crippen LogP contribution < -0.4 is 5.43 Å². The predicted octanol–water partition coefficient (Wildman–Crippen LogP) is 1.38. The molecule has 0 radical (unpaired) electrons. The minimum Gasteiger partial charge on any atom is -0.266 e. The van der Waals surface area contributed by atoms with Crippen LogP contribution >= 0.6 is 0 Å². The number of nitrogens with one attached hydrogen (secondary N) is 1. The molecule has 124 valence electrons. The fraction of sp³-hybridized carbons (Fsp3) is 0.333. The lowest BCUT2D eigenvalue weighted by Gasteiger charge is -1.99. The van der Waals surface area contributed by atoms with Crippen molar-refractivity contribution in [1.82, 2.24) is 25.0 Å². The molecule has 2 heterocycles. The molecule has 0 saturated carbocycles. The highest BCUT2D eigenvalue weighted by Gasteiger charge is 2.35. The SMILES string of the molecule is Cc1nn(C)c(F)c1/C=N\NC(=O)c1cc(C(F)(F)F)nn1C. The zero-order valence-corrected chi connectivity index (χ0v) is 12.3. The highest BCUT2D eigenvalue weighted by molar-refractivity contribution is 5.93. The van der Waals surface area contributed by atoms with E-state index in [-0.39, 0.29) is 11.3 Å². The van der Waals surface area contributed by atoms with Crippen LogP contribution in [-0.4, -0.2) is 31.7 Å². The molecular weight excluding hydrogens is 320 g/mol. The highest BCUT2D eigenvalue weighted by Crippen LogP contribution is 2.28. The summed E-state index contributed by atoms with van der Waals surface area (Å²) in [6.07, 6.45) is -3.63. The molecule has 11 heteroatoms. The van der Waals surface area contributed by atoms with Crippen LogP contribution in [0.5, 0.6) is 0 Å². The van der Waals surface area contributed by atoms with Crippen LogP contribution in [0.15, 0.2) is 11.2 Å². The van der Waals surface area contributed by atoms with Crippen molar-refractivity contribution in [3.63, 3.8) is 0 Å². The summed E-state index contributed by atoms with van der Waals surface area (Å²) in [6.45, 7) is 1.54. The Kier molecular flexibility index (Phi) is 4.21. The van der Waals surface area contributed by atoms with Gasteiger partial charge in [0.1, 0.15) is 5.69 Å². The third-order valence-corrected chi connectivity index (χ3v) is 2.96. The Morgan fingerprint density at radius 3 is 2.43 bits per heavy atom. The number of hydrogen-bond acceptors (Lipinski definition) is 4. The topological polar surface area (TPSA) is 77.1 Å². The van der Waals surface area contributed by atoms with Crippen LogP contribution in [0.3, 0.4) is 0 Å². The second-order valence-corrected chi connectivity index (χ2v) is 4.65. The summed E-state index contributed by atoms with van der Waals surface area (Å²) in [5.74, 6) is -1.56. The first-order chi connectivity index (χ1) is 10.6. The molecule has 0 saturated heterocycles. The maximum absolute atomic E-state index is 13.6. The van der Waals surface area contributed by atoms with Crippen molar-refractivity contribution in [2.75, 3.05) is 0 Å². The van der Waals surface area contributed by atoms with E-state index in [2.05, 4.69) is 15.3 Å². The second-order valence-electron chi connectivity index (χ2n) is 4.65. The van der Waals surface area contributed by atoms with E-state index in [1.807, 2.05) is 5.43 Å². The standard InChI is InChI=1S/C12H12F4N6O/c1-6-7(10(13)22(3)19-6)5-17-18-11(23)8-4-9(12(14,15)16)20-21(8)2/h4-5H,1-3H3,(H,18,23)/b17-5-. The van der Waals surface area contributed by atoms with Gasteiger partial charge >= 0.3 is 6.18 Å². The van der Waals surface area contributed by atoms with E-state index < -0.39 is 23.7 Å². The van der Waals surface area contributed by atoms with E-state index in [4.69, 9.17) is 0 Å². The monoisotopic (exact) mass is 332 g/mol. The first-order valence-corrected chi connectivity index (χ1v) is 6.25. The Balaban J connectivity index is 2.14. The minimum atomic E-state index is -4.66. The number of aryl methyl sites for hydroxylation is 3. The van der Waals surface area contributed by atoms with Gasteiger partial charge in [0.25, 0.3) is 5.91 Å². The molecule has 0 aliphatic carbocycles. The Morgan fingerprint density at radius 2 is 1.96 bits per heavy atom. The van der Waals surface area contributed by atoms with E-state index in [0.717, 1.165) is 15.6 Å². The van der Waals surface area contributed by atoms with Gasteiger partial charge in [-0.2, -0.15) is 32.9 Å². The zero-order chi connectivity index (χ0) is 17.4. The smallest absolute Gasteiger partial charge is 0.266 e. The average Bonchev–Trinajstić information content (AvgIpc) is 2.93. The summed E-state index contributed by atoms with van der Waals surface area (Å²) in [7, 11) is 2.59. The summed E-state index contributed by atoms with van der Waals surface area (Å²) in [5, 5.41) is 10.5. The summed E-state index contributed by atoms with van der Waals surface area (Å²) in [5.41, 5.74) is 0.902. The molecule has 2 aromatic heterocycles. The second kappa shape index (κ2) is 5.82. The number of aromatic nitrogens is 4. The van der Waals surface area contributed by atoms with Gasteiger partial charge < -0.3 is 0 Å². The number of halogens is 4. The Morgan fingerprint density at radius 1 is 1.30 bits per heavy atom. The van der Waals surface area contributed by atoms with E-state index in [1.54, 1.807) is 6.92 Å². The summed E-state index contributed by atoms with van der Waals surface area (Å²) in [4.78, 5) is 11.8. The van der Waals surface area contributed by atoms with Gasteiger partial charge in [-0.25, -0.2) is 10.1 Å². The van der Waals surface area contributed by atoms with E-state index >= 15 is 0 Å². The van der Waals surface area contributed by atoms with Crippen molar-refractivity contribution < 1.29 is 22.4 Å². The van der Waals surface area contributed by atoms with Crippen molar-refractivity contribution in [3.05, 3.63) is 34.7 Å². The van der Waals surface area contributed by atoms with Crippen molar-refractivity contribution >= 4 is 12.1 Å². The summed E-state index contributed by atoms with van der Waals surface area (Å²) >= 11 is 0. The minimum absolute atomic E-state index is 0.0637. The van der Waals surface area contributed by atoms with Gasteiger partial charge in [-0.05, 0) is 6.92 Å². The van der Waals surface area contributed by atoms with Gasteiger partial charge in [0.05, 0.1) is 17.5 Å². The highest BCUT2D eigenvalue weighted by atomic mass is 19.4. The molecule has 1 amide bonds. The van der Waals surface area contributed by atoms with E-state index in [0.29, 0.717) is 11.8 Å². The predicted molar refractivity (Wildman–Crippen MR) is 71.2 cm³/mol. The van der Waals surface area contributed by atoms with Crippen molar-refractivity contribution in [3.8, 4) is 0 Å². The van der Waals surface area contributed by atoms with Crippen LogP contribution in [-0.2, 0) is 20.3 Å². The number of carbonyl (C=O) groups excluding carboxylic acids is 1. The number of carbonyl (C=O) groups is 1. The zero-order valence-electron chi connectivity index (χ0n) is 12.3. The van der Waals surface area contributed by atoms with Gasteiger partial charge in [-0.1, -0.05) is 0 Å². The van der Waals surface area contributed by atoms with Crippen LogP contribution in [0.2, 0.25) is 0 Å². The molecule has 0 aliphatic rings. The molecule has 0 spiro atoms. The lowest BCUT2D eigenvalue weighted by atomic mass is 10.3. The lowest BCUT2D eigenvalue weighted by molar-refractivity contribution is -0.141. The van der Waals surface area contributed by atoms with E-state index in [9.17, 15) is 22.4 Å². The largest absolute Gasteiger partial charge is 0.435 e. The Bertz CT molecular complexity index is 773. The number of hydrazone groups is 1. The van der Waals surface area contributed by atoms with E-state index in [1.165, 1.54) is 14.1 Å². The van der Waals surface area contributed by atoms with Gasteiger partial charge in [0.2, 0.25) is 5.95 Å². The summed E-state index contributed by atoms with van der Waals surface area (Å²) in [6, 6.07) is 0.598. The van der Waals surface area contributed by atoms with Crippen LogP contribution in [0.1, 0.15) is 27.4 Å². The maximum Gasteiger partial charge on any atom is 0.435 e. The quantitative estimate of drug-likeness (QED) is 0.524. The molecule has 0 aliphatic heterocycles. The van der Waals surface area contributed by atoms with Crippen molar-refractivity contribution in [1.29, 1.82) is 0 Å². The fourth-order valence-corrected chi connectivity index (χ4v) is 1.82. The molecule has 1 N–H and O–H groups in total. The van der Waals surface area contributed by atoms with Crippen molar-refractivity contribution in [2.45, 2.75) is 13.1 Å². The fourth-order valence-electron chi connectivity index (χ4n) is 1.82. The Hall–Kier alpha value is -2.72. The molecule has 2 rings (SSSR count). The normalized spacial score (nSPS) is 12.1. The molecule has 2 aromatic rings. The van der Waals surface area contributed by atoms with Gasteiger partial charge in [0.15, 0.2) is 5.69 Å². The average molecular weight is 332 g/mol. The third kappa shape index (κ3) is 3.38. The van der Waals surface area contributed by atoms with Crippen LogP contribution in [0.4, 0.5) is 17.6 Å². The molecule has 0 unspecified atom stereocenters. The van der Waals surface area contributed by atoms with Crippen LogP contribution in [0, 0.1) is 12.9 Å². The van der Waals surface area contributed by atoms with Gasteiger partial charge in [0, 0.05) is 20.2 Å². The molecule has 0 atom stereocenters. The third-order valence-electron chi connectivity index (χ3n) is 2.96. The van der Waals surface area contributed by atoms with Gasteiger partial charge in [-0.15, -0.1) is 0 Å². The lowest BCUT2D eigenvalue weighted by Crippen LogP contribution is -2.20. The molecule has 23 heavy (non-hydrogen) atoms. The first kappa shape index (κ1) is 16.6. The summed E-state index contributed by atoms with van der Waals surface area (Å²) < 4.78 is 53.0. The number of hydrogen-bond donors (Lipinski definition) is 1. The molecule has 0 fully saturated rings.